The van der Waals surface area contributed by atoms with Crippen LogP contribution in [-0.2, 0) is 12.1 Å². The van der Waals surface area contributed by atoms with Gasteiger partial charge in [-0.15, -0.1) is 0 Å². The number of imidazole rings is 1. The molecular formula is C14H25N3O. The quantitative estimate of drug-likeness (QED) is 0.888. The van der Waals surface area contributed by atoms with E-state index >= 15 is 0 Å². The van der Waals surface area contributed by atoms with Gasteiger partial charge in [0, 0.05) is 38.6 Å². The second-order valence-corrected chi connectivity index (χ2v) is 5.76. The lowest BCUT2D eigenvalue weighted by molar-refractivity contribution is -0.0372. The first kappa shape index (κ1) is 13.6. The first-order valence-electron chi connectivity index (χ1n) is 7.01. The van der Waals surface area contributed by atoms with Crippen molar-refractivity contribution in [3.63, 3.8) is 0 Å². The molecule has 0 aliphatic carbocycles. The number of piperidine rings is 1. The van der Waals surface area contributed by atoms with Crippen molar-refractivity contribution in [2.45, 2.75) is 45.8 Å². The standard InChI is InChI=1S/C14H25N3O/c1-4-17-10-7-15-13(17)14(18)5-8-16(9-6-14)11-12(2)3/h7,10,12,18H,4-6,8-9,11H2,1-3H3. The average Bonchev–Trinajstić information content (AvgIpc) is 2.81. The number of hydrogen-bond donors (Lipinski definition) is 1. The van der Waals surface area contributed by atoms with Gasteiger partial charge in [-0.1, -0.05) is 13.8 Å². The summed E-state index contributed by atoms with van der Waals surface area (Å²) in [7, 11) is 0. The predicted molar refractivity (Wildman–Crippen MR) is 72.3 cm³/mol. The summed E-state index contributed by atoms with van der Waals surface area (Å²) in [6.45, 7) is 10.5. The van der Waals surface area contributed by atoms with Crippen LogP contribution in [-0.4, -0.2) is 39.2 Å². The van der Waals surface area contributed by atoms with Gasteiger partial charge in [-0.25, -0.2) is 4.98 Å². The zero-order valence-corrected chi connectivity index (χ0v) is 11.8. The summed E-state index contributed by atoms with van der Waals surface area (Å²) in [5, 5.41) is 10.8. The summed E-state index contributed by atoms with van der Waals surface area (Å²) >= 11 is 0. The van der Waals surface area contributed by atoms with Gasteiger partial charge in [0.05, 0.1) is 0 Å². The molecule has 1 fully saturated rings. The number of aryl methyl sites for hydroxylation is 1. The van der Waals surface area contributed by atoms with Crippen molar-refractivity contribution in [2.75, 3.05) is 19.6 Å². The molecule has 2 heterocycles. The summed E-state index contributed by atoms with van der Waals surface area (Å²) < 4.78 is 2.05. The van der Waals surface area contributed by atoms with Gasteiger partial charge >= 0.3 is 0 Å². The van der Waals surface area contributed by atoms with Gasteiger partial charge in [0.25, 0.3) is 0 Å². The van der Waals surface area contributed by atoms with E-state index in [2.05, 4.69) is 35.2 Å². The molecule has 0 amide bonds. The normalized spacial score (nSPS) is 20.5. The van der Waals surface area contributed by atoms with Gasteiger partial charge < -0.3 is 14.6 Å². The number of aromatic nitrogens is 2. The largest absolute Gasteiger partial charge is 0.382 e. The summed E-state index contributed by atoms with van der Waals surface area (Å²) in [5.41, 5.74) is -0.729. The molecule has 0 spiro atoms. The molecule has 0 atom stereocenters. The molecule has 1 saturated heterocycles. The molecule has 2 rings (SSSR count). The van der Waals surface area contributed by atoms with E-state index < -0.39 is 5.60 Å². The van der Waals surface area contributed by atoms with E-state index in [0.717, 1.165) is 44.8 Å². The van der Waals surface area contributed by atoms with Crippen molar-refractivity contribution in [3.8, 4) is 0 Å². The van der Waals surface area contributed by atoms with Gasteiger partial charge in [0.15, 0.2) is 0 Å². The first-order chi connectivity index (χ1) is 8.55. The molecule has 1 N–H and O–H groups in total. The average molecular weight is 251 g/mol. The predicted octanol–water partition coefficient (Wildman–Crippen LogP) is 1.84. The van der Waals surface area contributed by atoms with Crippen molar-refractivity contribution >= 4 is 0 Å². The lowest BCUT2D eigenvalue weighted by Crippen LogP contribution is -2.45. The van der Waals surface area contributed by atoms with Gasteiger partial charge in [-0.3, -0.25) is 0 Å². The molecule has 102 valence electrons. The highest BCUT2D eigenvalue weighted by molar-refractivity contribution is 5.07. The fourth-order valence-corrected chi connectivity index (χ4v) is 2.82. The lowest BCUT2D eigenvalue weighted by atomic mass is 9.90. The third-order valence-electron chi connectivity index (χ3n) is 3.78. The van der Waals surface area contributed by atoms with E-state index in [9.17, 15) is 5.11 Å². The minimum Gasteiger partial charge on any atom is -0.382 e. The molecule has 1 aromatic rings. The molecule has 0 radical (unpaired) electrons. The fourth-order valence-electron chi connectivity index (χ4n) is 2.82. The smallest absolute Gasteiger partial charge is 0.140 e. The van der Waals surface area contributed by atoms with Crippen molar-refractivity contribution in [2.24, 2.45) is 5.92 Å². The van der Waals surface area contributed by atoms with Gasteiger partial charge in [-0.05, 0) is 25.7 Å². The van der Waals surface area contributed by atoms with Crippen LogP contribution < -0.4 is 0 Å². The van der Waals surface area contributed by atoms with Crippen molar-refractivity contribution in [3.05, 3.63) is 18.2 Å². The molecule has 1 aromatic heterocycles. The SMILES string of the molecule is CCn1ccnc1C1(O)CCN(CC(C)C)CC1. The Bertz CT molecular complexity index is 378. The van der Waals surface area contributed by atoms with Gasteiger partial charge in [-0.2, -0.15) is 0 Å². The minimum absolute atomic E-state index is 0.689. The second kappa shape index (κ2) is 5.41. The molecule has 4 heteroatoms. The van der Waals surface area contributed by atoms with E-state index in [1.807, 2.05) is 6.20 Å². The maximum Gasteiger partial charge on any atom is 0.140 e. The van der Waals surface area contributed by atoms with Crippen LogP contribution >= 0.6 is 0 Å². The highest BCUT2D eigenvalue weighted by Crippen LogP contribution is 2.31. The fraction of sp³-hybridized carbons (Fsp3) is 0.786. The summed E-state index contributed by atoms with van der Waals surface area (Å²) in [4.78, 5) is 6.81. The van der Waals surface area contributed by atoms with Crippen LogP contribution in [0, 0.1) is 5.92 Å². The van der Waals surface area contributed by atoms with Crippen molar-refractivity contribution < 1.29 is 5.11 Å². The van der Waals surface area contributed by atoms with Crippen LogP contribution in [0.4, 0.5) is 0 Å². The third kappa shape index (κ3) is 2.75. The highest BCUT2D eigenvalue weighted by atomic mass is 16.3. The van der Waals surface area contributed by atoms with E-state index in [1.54, 1.807) is 6.20 Å². The van der Waals surface area contributed by atoms with Crippen LogP contribution in [0.25, 0.3) is 0 Å². The summed E-state index contributed by atoms with van der Waals surface area (Å²) in [6, 6.07) is 0. The van der Waals surface area contributed by atoms with Gasteiger partial charge in [0.1, 0.15) is 11.4 Å². The van der Waals surface area contributed by atoms with Crippen molar-refractivity contribution in [1.82, 2.24) is 14.5 Å². The number of aliphatic hydroxyl groups is 1. The molecule has 0 aromatic carbocycles. The zero-order chi connectivity index (χ0) is 13.2. The summed E-state index contributed by atoms with van der Waals surface area (Å²) in [6.07, 6.45) is 5.32. The van der Waals surface area contributed by atoms with Crippen LogP contribution in [0.15, 0.2) is 12.4 Å². The maximum absolute atomic E-state index is 10.8. The second-order valence-electron chi connectivity index (χ2n) is 5.76. The Kier molecular flexibility index (Phi) is 4.07. The van der Waals surface area contributed by atoms with Crippen LogP contribution in [0.2, 0.25) is 0 Å². The maximum atomic E-state index is 10.8. The Morgan fingerprint density at radius 1 is 1.39 bits per heavy atom. The molecule has 1 aliphatic heterocycles. The Hall–Kier alpha value is -0.870. The molecular weight excluding hydrogens is 226 g/mol. The molecule has 18 heavy (non-hydrogen) atoms. The first-order valence-corrected chi connectivity index (χ1v) is 7.01. The van der Waals surface area contributed by atoms with E-state index in [-0.39, 0.29) is 0 Å². The van der Waals surface area contributed by atoms with Gasteiger partial charge in [0.2, 0.25) is 0 Å². The third-order valence-corrected chi connectivity index (χ3v) is 3.78. The van der Waals surface area contributed by atoms with E-state index in [4.69, 9.17) is 0 Å². The Balaban J connectivity index is 2.03. The van der Waals surface area contributed by atoms with E-state index in [0.29, 0.717) is 5.92 Å². The zero-order valence-electron chi connectivity index (χ0n) is 11.8. The lowest BCUT2D eigenvalue weighted by Gasteiger charge is -2.38. The molecule has 4 nitrogen and oxygen atoms in total. The van der Waals surface area contributed by atoms with Crippen LogP contribution in [0.3, 0.4) is 0 Å². The minimum atomic E-state index is -0.729. The topological polar surface area (TPSA) is 41.3 Å². The van der Waals surface area contributed by atoms with Crippen LogP contribution in [0.5, 0.6) is 0 Å². The Morgan fingerprint density at radius 2 is 2.06 bits per heavy atom. The molecule has 0 unspecified atom stereocenters. The Labute approximate surface area is 110 Å². The van der Waals surface area contributed by atoms with Crippen LogP contribution in [0.1, 0.15) is 39.4 Å². The number of rotatable bonds is 4. The number of likely N-dealkylation sites (tertiary alicyclic amines) is 1. The monoisotopic (exact) mass is 251 g/mol. The highest BCUT2D eigenvalue weighted by Gasteiger charge is 2.37. The van der Waals surface area contributed by atoms with E-state index in [1.165, 1.54) is 0 Å². The number of hydrogen-bond acceptors (Lipinski definition) is 3. The summed E-state index contributed by atoms with van der Waals surface area (Å²) in [5.74, 6) is 1.53. The molecule has 0 saturated carbocycles. The Morgan fingerprint density at radius 3 is 2.61 bits per heavy atom. The molecule has 1 aliphatic rings. The van der Waals surface area contributed by atoms with Crippen molar-refractivity contribution in [1.29, 1.82) is 0 Å². The molecule has 0 bridgehead atoms. The number of nitrogens with zero attached hydrogens (tertiary/aromatic N) is 3.